The van der Waals surface area contributed by atoms with Crippen LogP contribution in [0.3, 0.4) is 0 Å². The van der Waals surface area contributed by atoms with Crippen molar-refractivity contribution in [3.63, 3.8) is 0 Å². The molecule has 0 aromatic heterocycles. The van der Waals surface area contributed by atoms with Gasteiger partial charge in [0.25, 0.3) is 0 Å². The smallest absolute Gasteiger partial charge is 0.214 e. The van der Waals surface area contributed by atoms with E-state index in [1.54, 1.807) is 7.11 Å². The van der Waals surface area contributed by atoms with Crippen LogP contribution >= 0.6 is 0 Å². The van der Waals surface area contributed by atoms with Crippen molar-refractivity contribution in [2.75, 3.05) is 13.7 Å². The molecule has 0 bridgehead atoms. The van der Waals surface area contributed by atoms with E-state index in [4.69, 9.17) is 19.3 Å². The zero-order chi connectivity index (χ0) is 20.5. The molecule has 0 unspecified atom stereocenters. The Morgan fingerprint density at radius 2 is 1.80 bits per heavy atom. The van der Waals surface area contributed by atoms with Crippen molar-refractivity contribution in [2.24, 2.45) is 5.10 Å². The van der Waals surface area contributed by atoms with Gasteiger partial charge in [0.1, 0.15) is 5.75 Å². The van der Waals surface area contributed by atoms with Crippen LogP contribution in [-0.4, -0.2) is 24.4 Å². The highest BCUT2D eigenvalue weighted by Crippen LogP contribution is 2.48. The molecule has 5 rings (SSSR count). The maximum absolute atomic E-state index is 6.44. The quantitative estimate of drug-likeness (QED) is 0.580. The molecule has 5 heteroatoms. The Hall–Kier alpha value is -3.47. The summed E-state index contributed by atoms with van der Waals surface area (Å²) < 4.78 is 17.7. The monoisotopic (exact) mass is 400 g/mol. The van der Waals surface area contributed by atoms with Crippen molar-refractivity contribution in [3.05, 3.63) is 89.5 Å². The van der Waals surface area contributed by atoms with Crippen molar-refractivity contribution < 1.29 is 14.2 Å². The number of fused-ring (bicyclic) bond motifs is 3. The molecule has 0 spiro atoms. The first-order valence-corrected chi connectivity index (χ1v) is 10.3. The molecule has 0 N–H and O–H groups in total. The third kappa shape index (κ3) is 3.16. The van der Waals surface area contributed by atoms with Crippen molar-refractivity contribution in [2.45, 2.75) is 25.6 Å². The molecule has 2 aliphatic heterocycles. The SMILES string of the molecule is CCOc1ccc([C@H]2Oc3ccccc3[C@@H]3CC(c4ccccc4)=NN23)cc1OC. The average molecular weight is 400 g/mol. The summed E-state index contributed by atoms with van der Waals surface area (Å²) in [7, 11) is 1.66. The molecule has 152 valence electrons. The van der Waals surface area contributed by atoms with Gasteiger partial charge in [0.2, 0.25) is 6.23 Å². The molecule has 0 saturated heterocycles. The van der Waals surface area contributed by atoms with Gasteiger partial charge in [-0.15, -0.1) is 0 Å². The molecule has 30 heavy (non-hydrogen) atoms. The lowest BCUT2D eigenvalue weighted by molar-refractivity contribution is -0.0191. The topological polar surface area (TPSA) is 43.3 Å². The second kappa shape index (κ2) is 7.75. The molecule has 0 amide bonds. The van der Waals surface area contributed by atoms with E-state index in [2.05, 4.69) is 41.4 Å². The van der Waals surface area contributed by atoms with Crippen LogP contribution in [-0.2, 0) is 0 Å². The summed E-state index contributed by atoms with van der Waals surface area (Å²) in [6.45, 7) is 2.55. The van der Waals surface area contributed by atoms with Gasteiger partial charge in [-0.05, 0) is 36.8 Å². The highest BCUT2D eigenvalue weighted by molar-refractivity contribution is 6.01. The molecule has 0 saturated carbocycles. The number of hydrogen-bond acceptors (Lipinski definition) is 5. The molecular weight excluding hydrogens is 376 g/mol. The zero-order valence-electron chi connectivity index (χ0n) is 17.1. The minimum atomic E-state index is -0.337. The summed E-state index contributed by atoms with van der Waals surface area (Å²) in [5.41, 5.74) is 4.37. The molecule has 2 atom stereocenters. The van der Waals surface area contributed by atoms with Crippen LogP contribution < -0.4 is 14.2 Å². The molecule has 0 fully saturated rings. The van der Waals surface area contributed by atoms with Crippen LogP contribution in [0.2, 0.25) is 0 Å². The predicted octanol–water partition coefficient (Wildman–Crippen LogP) is 5.34. The Balaban J connectivity index is 1.57. The van der Waals surface area contributed by atoms with E-state index in [-0.39, 0.29) is 12.3 Å². The average Bonchev–Trinajstić information content (AvgIpc) is 3.25. The minimum absolute atomic E-state index is 0.132. The highest BCUT2D eigenvalue weighted by atomic mass is 16.5. The third-order valence-corrected chi connectivity index (χ3v) is 5.58. The molecule has 3 aromatic carbocycles. The lowest BCUT2D eigenvalue weighted by Crippen LogP contribution is -2.33. The summed E-state index contributed by atoms with van der Waals surface area (Å²) >= 11 is 0. The van der Waals surface area contributed by atoms with E-state index in [9.17, 15) is 0 Å². The second-order valence-electron chi connectivity index (χ2n) is 7.36. The minimum Gasteiger partial charge on any atom is -0.493 e. The lowest BCUT2D eigenvalue weighted by Gasteiger charge is -2.38. The van der Waals surface area contributed by atoms with Crippen LogP contribution in [0.4, 0.5) is 0 Å². The third-order valence-electron chi connectivity index (χ3n) is 5.58. The Bertz CT molecular complexity index is 1080. The number of para-hydroxylation sites is 1. The van der Waals surface area contributed by atoms with Crippen LogP contribution in [0.25, 0.3) is 0 Å². The number of methoxy groups -OCH3 is 1. The molecule has 2 aliphatic rings. The van der Waals surface area contributed by atoms with Crippen molar-refractivity contribution in [3.8, 4) is 17.2 Å². The number of hydrazone groups is 1. The van der Waals surface area contributed by atoms with Gasteiger partial charge in [-0.25, -0.2) is 5.01 Å². The molecule has 5 nitrogen and oxygen atoms in total. The van der Waals surface area contributed by atoms with Gasteiger partial charge in [-0.2, -0.15) is 5.10 Å². The van der Waals surface area contributed by atoms with Crippen molar-refractivity contribution >= 4 is 5.71 Å². The normalized spacial score (nSPS) is 19.4. The molecular formula is C25H24N2O3. The maximum Gasteiger partial charge on any atom is 0.214 e. The summed E-state index contributed by atoms with van der Waals surface area (Å²) in [5, 5.41) is 7.09. The van der Waals surface area contributed by atoms with Gasteiger partial charge in [0.05, 0.1) is 25.5 Å². The van der Waals surface area contributed by atoms with Crippen LogP contribution in [0.15, 0.2) is 77.9 Å². The molecule has 0 aliphatic carbocycles. The summed E-state index contributed by atoms with van der Waals surface area (Å²) in [5.74, 6) is 2.33. The fraction of sp³-hybridized carbons (Fsp3) is 0.240. The largest absolute Gasteiger partial charge is 0.493 e. The number of hydrogen-bond donors (Lipinski definition) is 0. The number of ether oxygens (including phenoxy) is 3. The van der Waals surface area contributed by atoms with E-state index >= 15 is 0 Å². The van der Waals surface area contributed by atoms with E-state index in [0.29, 0.717) is 12.4 Å². The number of rotatable bonds is 5. The molecule has 3 aromatic rings. The van der Waals surface area contributed by atoms with Gasteiger partial charge >= 0.3 is 0 Å². The van der Waals surface area contributed by atoms with E-state index in [1.165, 1.54) is 5.56 Å². The lowest BCUT2D eigenvalue weighted by atomic mass is 9.96. The van der Waals surface area contributed by atoms with E-state index in [0.717, 1.165) is 34.8 Å². The number of benzene rings is 3. The van der Waals surface area contributed by atoms with Gasteiger partial charge in [0, 0.05) is 17.5 Å². The fourth-order valence-corrected chi connectivity index (χ4v) is 4.17. The highest BCUT2D eigenvalue weighted by Gasteiger charge is 2.41. The van der Waals surface area contributed by atoms with Gasteiger partial charge in [-0.3, -0.25) is 0 Å². The van der Waals surface area contributed by atoms with Gasteiger partial charge < -0.3 is 14.2 Å². The Labute approximate surface area is 176 Å². The molecule has 2 heterocycles. The van der Waals surface area contributed by atoms with Crippen LogP contribution in [0, 0.1) is 0 Å². The zero-order valence-corrected chi connectivity index (χ0v) is 17.1. The Kier molecular flexibility index (Phi) is 4.79. The Morgan fingerprint density at radius 1 is 1.00 bits per heavy atom. The number of nitrogens with zero attached hydrogens (tertiary/aromatic N) is 2. The van der Waals surface area contributed by atoms with Crippen molar-refractivity contribution in [1.29, 1.82) is 0 Å². The fourth-order valence-electron chi connectivity index (χ4n) is 4.17. The first-order chi connectivity index (χ1) is 14.8. The first-order valence-electron chi connectivity index (χ1n) is 10.3. The maximum atomic E-state index is 6.44. The standard InChI is InChI=1S/C25H24N2O3/c1-3-29-23-14-13-18(15-24(23)28-2)25-27-21(19-11-7-8-12-22(19)30-25)16-20(26-27)17-9-5-4-6-10-17/h4-15,21,25H,3,16H2,1-2H3/t21-,25+/m0/s1. The predicted molar refractivity (Wildman–Crippen MR) is 116 cm³/mol. The van der Waals surface area contributed by atoms with Gasteiger partial charge in [-0.1, -0.05) is 48.5 Å². The summed E-state index contributed by atoms with van der Waals surface area (Å²) in [4.78, 5) is 0. The van der Waals surface area contributed by atoms with E-state index in [1.807, 2.05) is 43.3 Å². The molecule has 0 radical (unpaired) electrons. The van der Waals surface area contributed by atoms with E-state index < -0.39 is 0 Å². The van der Waals surface area contributed by atoms with Crippen LogP contribution in [0.5, 0.6) is 17.2 Å². The second-order valence-corrected chi connectivity index (χ2v) is 7.36. The van der Waals surface area contributed by atoms with Crippen molar-refractivity contribution in [1.82, 2.24) is 5.01 Å². The van der Waals surface area contributed by atoms with Crippen LogP contribution in [0.1, 0.15) is 42.3 Å². The first kappa shape index (κ1) is 18.6. The Morgan fingerprint density at radius 3 is 2.60 bits per heavy atom. The summed E-state index contributed by atoms with van der Waals surface area (Å²) in [6.07, 6.45) is 0.505. The summed E-state index contributed by atoms with van der Waals surface area (Å²) in [6, 6.07) is 24.7. The van der Waals surface area contributed by atoms with Gasteiger partial charge in [0.15, 0.2) is 11.5 Å².